The molecule has 6 heteroatoms. The third-order valence-corrected chi connectivity index (χ3v) is 6.74. The summed E-state index contributed by atoms with van der Waals surface area (Å²) in [6, 6.07) is 14.6. The van der Waals surface area contributed by atoms with Gasteiger partial charge >= 0.3 is 0 Å². The molecule has 0 radical (unpaired) electrons. The first-order valence-electron chi connectivity index (χ1n) is 10.5. The van der Waals surface area contributed by atoms with Crippen molar-refractivity contribution in [2.24, 2.45) is 5.92 Å². The lowest BCUT2D eigenvalue weighted by Gasteiger charge is -2.40. The molecule has 1 unspecified atom stereocenters. The minimum Gasteiger partial charge on any atom is -0.334 e. The van der Waals surface area contributed by atoms with E-state index >= 15 is 0 Å². The number of carbonyl (C=O) groups is 1. The summed E-state index contributed by atoms with van der Waals surface area (Å²) in [6.07, 6.45) is 5.40. The number of carbonyl (C=O) groups excluding carboxylic acids is 1. The van der Waals surface area contributed by atoms with Crippen molar-refractivity contribution in [1.82, 2.24) is 4.57 Å². The van der Waals surface area contributed by atoms with Gasteiger partial charge in [-0.15, -0.1) is 0 Å². The van der Waals surface area contributed by atoms with Gasteiger partial charge in [-0.05, 0) is 36.8 Å². The Bertz CT molecular complexity index is 912. The molecule has 2 aromatic rings. The molecular weight excluding hydrogens is 382 g/mol. The largest absolute Gasteiger partial charge is 0.334 e. The van der Waals surface area contributed by atoms with Gasteiger partial charge in [0.1, 0.15) is 5.69 Å². The normalized spacial score (nSPS) is 22.7. The van der Waals surface area contributed by atoms with Crippen LogP contribution in [0.15, 0.2) is 47.3 Å². The van der Waals surface area contributed by atoms with Crippen molar-refractivity contribution in [3.63, 3.8) is 0 Å². The van der Waals surface area contributed by atoms with E-state index in [1.165, 1.54) is 36.7 Å². The molecule has 1 fully saturated rings. The molecule has 2 aliphatic heterocycles. The highest BCUT2D eigenvalue weighted by atomic mass is 32.2. The third-order valence-electron chi connectivity index (χ3n) is 6.19. The number of thioether (sulfide) groups is 1. The Morgan fingerprint density at radius 2 is 2.03 bits per heavy atom. The molecule has 154 valence electrons. The van der Waals surface area contributed by atoms with Gasteiger partial charge in [0.05, 0.1) is 25.4 Å². The SMILES string of the molecule is CSCC(=O)Nc1ccc2n(c1=O)C[C@H]1C[C@@H]2C[NH+](CCCc2ccccc2)C1. The van der Waals surface area contributed by atoms with Crippen LogP contribution in [-0.4, -0.2) is 42.1 Å². The third kappa shape index (κ3) is 4.75. The number of pyridine rings is 1. The van der Waals surface area contributed by atoms with Gasteiger partial charge in [-0.1, -0.05) is 30.3 Å². The number of hydrogen-bond acceptors (Lipinski definition) is 3. The number of hydrogen-bond donors (Lipinski definition) is 2. The number of nitrogens with one attached hydrogen (secondary N) is 2. The minimum atomic E-state index is -0.111. The topological polar surface area (TPSA) is 55.5 Å². The van der Waals surface area contributed by atoms with Crippen molar-refractivity contribution in [1.29, 1.82) is 0 Å². The molecule has 1 aromatic carbocycles. The van der Waals surface area contributed by atoms with Crippen molar-refractivity contribution >= 4 is 23.4 Å². The number of rotatable bonds is 7. The average molecular weight is 413 g/mol. The van der Waals surface area contributed by atoms with Crippen LogP contribution in [0.4, 0.5) is 5.69 Å². The Morgan fingerprint density at radius 1 is 1.21 bits per heavy atom. The highest BCUT2D eigenvalue weighted by Crippen LogP contribution is 2.30. The highest BCUT2D eigenvalue weighted by Gasteiger charge is 2.37. The van der Waals surface area contributed by atoms with E-state index in [4.69, 9.17) is 0 Å². The summed E-state index contributed by atoms with van der Waals surface area (Å²) in [5, 5.41) is 2.78. The molecule has 29 heavy (non-hydrogen) atoms. The summed E-state index contributed by atoms with van der Waals surface area (Å²) in [4.78, 5) is 26.5. The van der Waals surface area contributed by atoms with Crippen molar-refractivity contribution in [3.05, 3.63) is 64.1 Å². The predicted molar refractivity (Wildman–Crippen MR) is 119 cm³/mol. The van der Waals surface area contributed by atoms with Gasteiger partial charge in [-0.25, -0.2) is 0 Å². The quantitative estimate of drug-likeness (QED) is 0.729. The molecule has 2 bridgehead atoms. The number of fused-ring (bicyclic) bond motifs is 4. The Labute approximate surface area is 176 Å². The molecule has 2 aliphatic rings. The first-order chi connectivity index (χ1) is 14.1. The predicted octanol–water partition coefficient (Wildman–Crippen LogP) is 1.78. The minimum absolute atomic E-state index is 0.0424. The number of piperidine rings is 1. The van der Waals surface area contributed by atoms with Gasteiger partial charge in [0.25, 0.3) is 5.56 Å². The first-order valence-corrected chi connectivity index (χ1v) is 11.9. The van der Waals surface area contributed by atoms with E-state index in [1.807, 2.05) is 10.8 Å². The van der Waals surface area contributed by atoms with Gasteiger partial charge in [0, 0.05) is 30.5 Å². The van der Waals surface area contributed by atoms with Gasteiger partial charge in [0.15, 0.2) is 0 Å². The van der Waals surface area contributed by atoms with Crippen LogP contribution in [0.3, 0.4) is 0 Å². The fourth-order valence-electron chi connectivity index (χ4n) is 4.97. The second-order valence-electron chi connectivity index (χ2n) is 8.36. The number of quaternary nitrogens is 1. The fourth-order valence-corrected chi connectivity index (χ4v) is 5.31. The van der Waals surface area contributed by atoms with Crippen LogP contribution in [0, 0.1) is 5.92 Å². The smallest absolute Gasteiger partial charge is 0.274 e. The van der Waals surface area contributed by atoms with Crippen LogP contribution in [0.1, 0.15) is 30.0 Å². The Kier molecular flexibility index (Phi) is 6.40. The molecule has 1 amide bonds. The van der Waals surface area contributed by atoms with Crippen LogP contribution < -0.4 is 15.8 Å². The fraction of sp³-hybridized carbons (Fsp3) is 0.478. The molecule has 0 spiro atoms. The van der Waals surface area contributed by atoms with Crippen LogP contribution in [0.2, 0.25) is 0 Å². The van der Waals surface area contributed by atoms with Crippen LogP contribution >= 0.6 is 11.8 Å². The van der Waals surface area contributed by atoms with Gasteiger partial charge < -0.3 is 14.8 Å². The lowest BCUT2D eigenvalue weighted by Crippen LogP contribution is -3.14. The van der Waals surface area contributed by atoms with E-state index in [-0.39, 0.29) is 11.5 Å². The summed E-state index contributed by atoms with van der Waals surface area (Å²) < 4.78 is 1.92. The number of likely N-dealkylation sites (tertiary alicyclic amines) is 1. The lowest BCUT2D eigenvalue weighted by molar-refractivity contribution is -0.911. The number of aromatic nitrogens is 1. The van der Waals surface area contributed by atoms with Gasteiger partial charge in [0.2, 0.25) is 5.91 Å². The van der Waals surface area contributed by atoms with Crippen molar-refractivity contribution in [2.45, 2.75) is 31.7 Å². The summed E-state index contributed by atoms with van der Waals surface area (Å²) >= 11 is 1.46. The van der Waals surface area contributed by atoms with E-state index < -0.39 is 0 Å². The molecule has 1 aromatic heterocycles. The number of nitrogens with zero attached hydrogens (tertiary/aromatic N) is 1. The molecule has 4 rings (SSSR count). The molecule has 3 atom stereocenters. The van der Waals surface area contributed by atoms with E-state index in [0.29, 0.717) is 23.3 Å². The highest BCUT2D eigenvalue weighted by molar-refractivity contribution is 7.99. The standard InChI is InChI=1S/C23H29N3O2S/c1-29-16-22(27)24-20-9-10-21-19-12-18(14-26(21)23(20)28)13-25(15-19)11-5-8-17-6-3-2-4-7-17/h2-4,6-7,9-10,18-19H,5,8,11-16H2,1H3,(H,24,27)/p+1/t18-,19+/m0/s1. The Balaban J connectivity index is 1.41. The average Bonchev–Trinajstić information content (AvgIpc) is 2.71. The molecule has 5 nitrogen and oxygen atoms in total. The van der Waals surface area contributed by atoms with Crippen LogP contribution in [0.5, 0.6) is 0 Å². The number of benzene rings is 1. The molecule has 2 N–H and O–H groups in total. The van der Waals surface area contributed by atoms with Crippen LogP contribution in [-0.2, 0) is 17.8 Å². The summed E-state index contributed by atoms with van der Waals surface area (Å²) in [5.41, 5.74) is 2.94. The zero-order valence-electron chi connectivity index (χ0n) is 17.0. The van der Waals surface area contributed by atoms with E-state index in [9.17, 15) is 9.59 Å². The lowest BCUT2D eigenvalue weighted by atomic mass is 9.83. The number of aryl methyl sites for hydroxylation is 1. The monoisotopic (exact) mass is 412 g/mol. The van der Waals surface area contributed by atoms with E-state index in [1.54, 1.807) is 11.0 Å². The van der Waals surface area contributed by atoms with Crippen molar-refractivity contribution in [2.75, 3.05) is 37.0 Å². The Hall–Kier alpha value is -2.05. The summed E-state index contributed by atoms with van der Waals surface area (Å²) in [5.74, 6) is 1.24. The summed E-state index contributed by atoms with van der Waals surface area (Å²) in [7, 11) is 0. The maximum absolute atomic E-state index is 12.9. The molecule has 0 aliphatic carbocycles. The van der Waals surface area contributed by atoms with Crippen molar-refractivity contribution < 1.29 is 9.69 Å². The summed E-state index contributed by atoms with van der Waals surface area (Å²) in [6.45, 7) is 4.21. The second-order valence-corrected chi connectivity index (χ2v) is 9.23. The maximum atomic E-state index is 12.9. The van der Waals surface area contributed by atoms with Gasteiger partial charge in [-0.2, -0.15) is 11.8 Å². The van der Waals surface area contributed by atoms with E-state index in [2.05, 4.69) is 41.7 Å². The van der Waals surface area contributed by atoms with Crippen LogP contribution in [0.25, 0.3) is 0 Å². The zero-order chi connectivity index (χ0) is 20.2. The van der Waals surface area contributed by atoms with Crippen molar-refractivity contribution in [3.8, 4) is 0 Å². The van der Waals surface area contributed by atoms with Gasteiger partial charge in [-0.3, -0.25) is 9.59 Å². The second kappa shape index (κ2) is 9.18. The number of amides is 1. The first kappa shape index (κ1) is 20.2. The molecule has 3 heterocycles. The number of anilines is 1. The molecule has 0 saturated carbocycles. The van der Waals surface area contributed by atoms with E-state index in [0.717, 1.165) is 31.7 Å². The zero-order valence-corrected chi connectivity index (χ0v) is 17.8. The molecular formula is C23H30N3O2S+. The Morgan fingerprint density at radius 3 is 2.83 bits per heavy atom. The molecule has 1 saturated heterocycles. The maximum Gasteiger partial charge on any atom is 0.274 e.